The highest BCUT2D eigenvalue weighted by molar-refractivity contribution is 5.79. The largest absolute Gasteiger partial charge is 0.349 e. The maximum atomic E-state index is 12.9. The van der Waals surface area contributed by atoms with Crippen LogP contribution in [-0.4, -0.2) is 12.5 Å². The molecular formula is C16H23FN2O. The van der Waals surface area contributed by atoms with Gasteiger partial charge in [0.05, 0.1) is 6.04 Å². The third-order valence-electron chi connectivity index (χ3n) is 4.28. The number of nitrogens with one attached hydrogen (secondary N) is 1. The molecule has 0 aliphatic heterocycles. The van der Waals surface area contributed by atoms with E-state index < -0.39 is 0 Å². The van der Waals surface area contributed by atoms with Crippen LogP contribution in [-0.2, 0) is 4.79 Å². The zero-order chi connectivity index (χ0) is 14.5. The van der Waals surface area contributed by atoms with Crippen LogP contribution < -0.4 is 11.1 Å². The maximum Gasteiger partial charge on any atom is 0.223 e. The van der Waals surface area contributed by atoms with E-state index >= 15 is 0 Å². The SMILES string of the molecule is CC(NC(=O)C1CCCCC1CN)c1ccc(F)cc1. The first kappa shape index (κ1) is 15.0. The molecule has 1 aromatic carbocycles. The third-order valence-corrected chi connectivity index (χ3v) is 4.28. The van der Waals surface area contributed by atoms with E-state index in [2.05, 4.69) is 5.32 Å². The number of carbonyl (C=O) groups excluding carboxylic acids is 1. The van der Waals surface area contributed by atoms with E-state index in [1.165, 1.54) is 18.6 Å². The van der Waals surface area contributed by atoms with Crippen molar-refractivity contribution in [1.82, 2.24) is 5.32 Å². The van der Waals surface area contributed by atoms with Gasteiger partial charge >= 0.3 is 0 Å². The summed E-state index contributed by atoms with van der Waals surface area (Å²) in [5.74, 6) is 0.139. The summed E-state index contributed by atoms with van der Waals surface area (Å²) in [6, 6.07) is 6.15. The average molecular weight is 278 g/mol. The summed E-state index contributed by atoms with van der Waals surface area (Å²) < 4.78 is 12.9. The molecule has 3 N–H and O–H groups in total. The molecule has 3 nitrogen and oxygen atoms in total. The van der Waals surface area contributed by atoms with Crippen molar-refractivity contribution in [3.05, 3.63) is 35.6 Å². The molecule has 0 saturated heterocycles. The quantitative estimate of drug-likeness (QED) is 0.889. The van der Waals surface area contributed by atoms with Gasteiger partial charge in [0, 0.05) is 5.92 Å². The van der Waals surface area contributed by atoms with E-state index in [0.29, 0.717) is 12.5 Å². The number of nitrogens with two attached hydrogens (primary N) is 1. The summed E-state index contributed by atoms with van der Waals surface area (Å²) in [7, 11) is 0. The standard InChI is InChI=1S/C16H23FN2O/c1-11(12-6-8-14(17)9-7-12)19-16(20)15-5-3-2-4-13(15)10-18/h6-9,11,13,15H,2-5,10,18H2,1H3,(H,19,20). The molecule has 0 radical (unpaired) electrons. The number of carbonyl (C=O) groups is 1. The smallest absolute Gasteiger partial charge is 0.223 e. The monoisotopic (exact) mass is 278 g/mol. The van der Waals surface area contributed by atoms with Crippen LogP contribution in [0.1, 0.15) is 44.2 Å². The number of amides is 1. The van der Waals surface area contributed by atoms with Gasteiger partial charge in [-0.1, -0.05) is 25.0 Å². The molecular weight excluding hydrogens is 255 g/mol. The lowest BCUT2D eigenvalue weighted by molar-refractivity contribution is -0.128. The Morgan fingerprint density at radius 3 is 2.65 bits per heavy atom. The lowest BCUT2D eigenvalue weighted by Gasteiger charge is -2.30. The maximum absolute atomic E-state index is 12.9. The molecule has 0 spiro atoms. The van der Waals surface area contributed by atoms with Crippen molar-refractivity contribution < 1.29 is 9.18 Å². The van der Waals surface area contributed by atoms with Gasteiger partial charge in [0.15, 0.2) is 0 Å². The summed E-state index contributed by atoms with van der Waals surface area (Å²) in [5, 5.41) is 3.03. The first-order valence-electron chi connectivity index (χ1n) is 7.37. The Morgan fingerprint density at radius 2 is 2.00 bits per heavy atom. The van der Waals surface area contributed by atoms with Crippen LogP contribution in [0.3, 0.4) is 0 Å². The van der Waals surface area contributed by atoms with Gasteiger partial charge in [-0.25, -0.2) is 4.39 Å². The van der Waals surface area contributed by atoms with Gasteiger partial charge in [-0.3, -0.25) is 4.79 Å². The summed E-state index contributed by atoms with van der Waals surface area (Å²) >= 11 is 0. The van der Waals surface area contributed by atoms with Crippen LogP contribution >= 0.6 is 0 Å². The van der Waals surface area contributed by atoms with Crippen LogP contribution in [0.4, 0.5) is 4.39 Å². The molecule has 0 heterocycles. The van der Waals surface area contributed by atoms with Gasteiger partial charge in [-0.05, 0) is 49.9 Å². The highest BCUT2D eigenvalue weighted by atomic mass is 19.1. The third kappa shape index (κ3) is 3.57. The highest BCUT2D eigenvalue weighted by Gasteiger charge is 2.30. The molecule has 20 heavy (non-hydrogen) atoms. The minimum Gasteiger partial charge on any atom is -0.349 e. The molecule has 2 rings (SSSR count). The fourth-order valence-electron chi connectivity index (χ4n) is 2.99. The van der Waals surface area contributed by atoms with Crippen molar-refractivity contribution in [1.29, 1.82) is 0 Å². The van der Waals surface area contributed by atoms with Gasteiger partial charge in [0.1, 0.15) is 5.82 Å². The molecule has 1 amide bonds. The minimum absolute atomic E-state index is 0.0247. The molecule has 0 bridgehead atoms. The first-order valence-corrected chi connectivity index (χ1v) is 7.37. The van der Waals surface area contributed by atoms with E-state index in [-0.39, 0.29) is 23.7 Å². The molecule has 1 aliphatic rings. The highest BCUT2D eigenvalue weighted by Crippen LogP contribution is 2.30. The van der Waals surface area contributed by atoms with Crippen molar-refractivity contribution in [2.24, 2.45) is 17.6 Å². The second kappa shape index (κ2) is 6.84. The van der Waals surface area contributed by atoms with E-state index in [0.717, 1.165) is 24.8 Å². The fourth-order valence-corrected chi connectivity index (χ4v) is 2.99. The van der Waals surface area contributed by atoms with E-state index in [4.69, 9.17) is 5.73 Å². The molecule has 3 atom stereocenters. The van der Waals surface area contributed by atoms with Crippen LogP contribution in [0.5, 0.6) is 0 Å². The molecule has 110 valence electrons. The molecule has 1 aromatic rings. The van der Waals surface area contributed by atoms with Crippen molar-refractivity contribution in [2.75, 3.05) is 6.54 Å². The Morgan fingerprint density at radius 1 is 1.35 bits per heavy atom. The molecule has 1 fully saturated rings. The summed E-state index contributed by atoms with van der Waals surface area (Å²) in [5.41, 5.74) is 6.68. The number of benzene rings is 1. The molecule has 0 aromatic heterocycles. The Balaban J connectivity index is 1.97. The van der Waals surface area contributed by atoms with Crippen LogP contribution in [0, 0.1) is 17.7 Å². The Hall–Kier alpha value is -1.42. The second-order valence-electron chi connectivity index (χ2n) is 5.67. The number of hydrogen-bond acceptors (Lipinski definition) is 2. The average Bonchev–Trinajstić information content (AvgIpc) is 2.47. The Labute approximate surface area is 119 Å². The van der Waals surface area contributed by atoms with E-state index in [1.54, 1.807) is 12.1 Å². The van der Waals surface area contributed by atoms with E-state index in [9.17, 15) is 9.18 Å². The molecule has 1 aliphatic carbocycles. The lowest BCUT2D eigenvalue weighted by atomic mass is 9.78. The molecule has 3 unspecified atom stereocenters. The summed E-state index contributed by atoms with van der Waals surface area (Å²) in [6.45, 7) is 2.49. The van der Waals surface area contributed by atoms with Crippen molar-refractivity contribution in [3.63, 3.8) is 0 Å². The van der Waals surface area contributed by atoms with Crippen molar-refractivity contribution in [3.8, 4) is 0 Å². The van der Waals surface area contributed by atoms with Gasteiger partial charge in [-0.2, -0.15) is 0 Å². The van der Waals surface area contributed by atoms with Gasteiger partial charge in [-0.15, -0.1) is 0 Å². The van der Waals surface area contributed by atoms with Crippen LogP contribution in [0.2, 0.25) is 0 Å². The number of halogens is 1. The number of rotatable bonds is 4. The molecule has 4 heteroatoms. The zero-order valence-electron chi connectivity index (χ0n) is 11.9. The predicted molar refractivity (Wildman–Crippen MR) is 77.5 cm³/mol. The lowest BCUT2D eigenvalue weighted by Crippen LogP contribution is -2.40. The normalized spacial score (nSPS) is 24.1. The first-order chi connectivity index (χ1) is 9.61. The molecule has 1 saturated carbocycles. The van der Waals surface area contributed by atoms with Gasteiger partial charge in [0.25, 0.3) is 0 Å². The topological polar surface area (TPSA) is 55.1 Å². The predicted octanol–water partition coefficient (Wildman–Crippen LogP) is 2.77. The number of hydrogen-bond donors (Lipinski definition) is 2. The van der Waals surface area contributed by atoms with Crippen molar-refractivity contribution in [2.45, 2.75) is 38.6 Å². The fraction of sp³-hybridized carbons (Fsp3) is 0.562. The van der Waals surface area contributed by atoms with Gasteiger partial charge < -0.3 is 11.1 Å². The van der Waals surface area contributed by atoms with Crippen LogP contribution in [0.15, 0.2) is 24.3 Å². The van der Waals surface area contributed by atoms with E-state index in [1.807, 2.05) is 6.92 Å². The van der Waals surface area contributed by atoms with Gasteiger partial charge in [0.2, 0.25) is 5.91 Å². The Bertz CT molecular complexity index is 446. The minimum atomic E-state index is -0.261. The van der Waals surface area contributed by atoms with Crippen LogP contribution in [0.25, 0.3) is 0 Å². The van der Waals surface area contributed by atoms with Crippen molar-refractivity contribution >= 4 is 5.91 Å². The Kier molecular flexibility index (Phi) is 5.12. The summed E-state index contributed by atoms with van der Waals surface area (Å²) in [4.78, 5) is 12.4. The summed E-state index contributed by atoms with van der Waals surface area (Å²) in [6.07, 6.45) is 4.22. The second-order valence-corrected chi connectivity index (χ2v) is 5.67. The zero-order valence-corrected chi connectivity index (χ0v) is 11.9.